The van der Waals surface area contributed by atoms with E-state index in [1.807, 2.05) is 30.7 Å². The Labute approximate surface area is 180 Å². The van der Waals surface area contributed by atoms with Crippen molar-refractivity contribution in [1.29, 1.82) is 0 Å². The molecule has 2 aromatic carbocycles. The summed E-state index contributed by atoms with van der Waals surface area (Å²) in [4.78, 5) is 12.9. The van der Waals surface area contributed by atoms with Crippen LogP contribution in [0, 0.1) is 6.92 Å². The number of ether oxygens (including phenoxy) is 2. The van der Waals surface area contributed by atoms with E-state index in [0.717, 1.165) is 10.9 Å². The highest BCUT2D eigenvalue weighted by atomic mass is 32.2. The number of rotatable bonds is 8. The summed E-state index contributed by atoms with van der Waals surface area (Å²) in [6, 6.07) is 13.2. The molecule has 158 valence electrons. The van der Waals surface area contributed by atoms with Gasteiger partial charge in [-0.1, -0.05) is 42.1 Å². The number of thioether (sulfide) groups is 1. The minimum absolute atomic E-state index is 0.297. The number of nitrogens with zero attached hydrogens (tertiary/aromatic N) is 3. The van der Waals surface area contributed by atoms with Crippen LogP contribution >= 0.6 is 11.8 Å². The van der Waals surface area contributed by atoms with E-state index in [1.54, 1.807) is 30.0 Å². The van der Waals surface area contributed by atoms with Crippen molar-refractivity contribution >= 4 is 17.7 Å². The van der Waals surface area contributed by atoms with E-state index in [9.17, 15) is 4.79 Å². The van der Waals surface area contributed by atoms with Gasteiger partial charge < -0.3 is 19.4 Å². The molecule has 0 radical (unpaired) electrons. The summed E-state index contributed by atoms with van der Waals surface area (Å²) >= 11 is 1.62. The first-order chi connectivity index (χ1) is 14.5. The molecule has 1 heterocycles. The molecule has 1 aromatic heterocycles. The second-order valence-corrected chi connectivity index (χ2v) is 7.79. The van der Waals surface area contributed by atoms with Gasteiger partial charge in [0.25, 0.3) is 5.91 Å². The van der Waals surface area contributed by atoms with Crippen molar-refractivity contribution in [2.45, 2.75) is 30.8 Å². The summed E-state index contributed by atoms with van der Waals surface area (Å²) in [5.41, 5.74) is 2.86. The van der Waals surface area contributed by atoms with Gasteiger partial charge in [0.05, 0.1) is 20.3 Å². The van der Waals surface area contributed by atoms with Gasteiger partial charge in [-0.05, 0) is 37.1 Å². The molecule has 0 spiro atoms. The van der Waals surface area contributed by atoms with Crippen molar-refractivity contribution in [2.75, 3.05) is 14.2 Å². The van der Waals surface area contributed by atoms with Crippen LogP contribution in [0.25, 0.3) is 0 Å². The molecule has 0 aliphatic carbocycles. The zero-order chi connectivity index (χ0) is 21.7. The van der Waals surface area contributed by atoms with Gasteiger partial charge in [-0.25, -0.2) is 0 Å². The first kappa shape index (κ1) is 21.7. The fraction of sp³-hybridized carbons (Fsp3) is 0.318. The Hall–Kier alpha value is -3.00. The van der Waals surface area contributed by atoms with E-state index in [1.165, 1.54) is 25.3 Å². The molecule has 1 unspecified atom stereocenters. The maximum absolute atomic E-state index is 12.9. The Kier molecular flexibility index (Phi) is 6.99. The number of hydrogen-bond acceptors (Lipinski definition) is 6. The van der Waals surface area contributed by atoms with Crippen LogP contribution in [0.2, 0.25) is 0 Å². The zero-order valence-corrected chi connectivity index (χ0v) is 18.6. The van der Waals surface area contributed by atoms with Crippen molar-refractivity contribution in [2.24, 2.45) is 7.05 Å². The van der Waals surface area contributed by atoms with Crippen LogP contribution < -0.4 is 14.8 Å². The van der Waals surface area contributed by atoms with E-state index in [-0.39, 0.29) is 11.9 Å². The molecule has 0 saturated carbocycles. The molecule has 1 N–H and O–H groups in total. The number of amides is 1. The first-order valence-corrected chi connectivity index (χ1v) is 10.5. The van der Waals surface area contributed by atoms with Gasteiger partial charge in [0.2, 0.25) is 0 Å². The van der Waals surface area contributed by atoms with Crippen LogP contribution in [0.4, 0.5) is 0 Å². The van der Waals surface area contributed by atoms with E-state index >= 15 is 0 Å². The van der Waals surface area contributed by atoms with E-state index in [4.69, 9.17) is 9.47 Å². The summed E-state index contributed by atoms with van der Waals surface area (Å²) in [6.07, 6.45) is 0. The van der Waals surface area contributed by atoms with Gasteiger partial charge >= 0.3 is 0 Å². The second-order valence-electron chi connectivity index (χ2n) is 6.85. The lowest BCUT2D eigenvalue weighted by Crippen LogP contribution is -2.29. The average Bonchev–Trinajstić information content (AvgIpc) is 3.12. The fourth-order valence-electron chi connectivity index (χ4n) is 3.15. The van der Waals surface area contributed by atoms with Crippen molar-refractivity contribution < 1.29 is 14.3 Å². The molecule has 3 aromatic rings. The van der Waals surface area contributed by atoms with Crippen LogP contribution in [0.3, 0.4) is 0 Å². The molecule has 1 amide bonds. The predicted octanol–water partition coefficient (Wildman–Crippen LogP) is 3.92. The van der Waals surface area contributed by atoms with Crippen molar-refractivity contribution in [3.63, 3.8) is 0 Å². The van der Waals surface area contributed by atoms with Gasteiger partial charge in [-0.3, -0.25) is 4.79 Å². The number of aromatic nitrogens is 3. The third kappa shape index (κ3) is 4.59. The predicted molar refractivity (Wildman–Crippen MR) is 117 cm³/mol. The second kappa shape index (κ2) is 9.67. The SMILES string of the molecule is COc1cccc(OC)c1C(=O)NC(C)c1nnc(SCc2ccccc2C)n1C. The van der Waals surface area contributed by atoms with Gasteiger partial charge in [-0.15, -0.1) is 10.2 Å². The van der Waals surface area contributed by atoms with Crippen molar-refractivity contribution in [3.8, 4) is 11.5 Å². The Morgan fingerprint density at radius 3 is 2.40 bits per heavy atom. The number of aryl methyl sites for hydroxylation is 1. The number of carbonyl (C=O) groups is 1. The molecular formula is C22H26N4O3S. The number of hydrogen-bond donors (Lipinski definition) is 1. The average molecular weight is 427 g/mol. The highest BCUT2D eigenvalue weighted by Crippen LogP contribution is 2.29. The molecule has 8 heteroatoms. The Balaban J connectivity index is 1.73. The number of carbonyl (C=O) groups excluding carboxylic acids is 1. The molecule has 0 aliphatic heterocycles. The number of methoxy groups -OCH3 is 2. The third-order valence-electron chi connectivity index (χ3n) is 4.88. The van der Waals surface area contributed by atoms with E-state index in [0.29, 0.717) is 22.9 Å². The third-order valence-corrected chi connectivity index (χ3v) is 5.95. The molecule has 7 nitrogen and oxygen atoms in total. The van der Waals surface area contributed by atoms with E-state index in [2.05, 4.69) is 34.6 Å². The first-order valence-electron chi connectivity index (χ1n) is 9.54. The Morgan fingerprint density at radius 1 is 1.10 bits per heavy atom. The summed E-state index contributed by atoms with van der Waals surface area (Å²) in [6.45, 7) is 3.97. The van der Waals surface area contributed by atoms with Crippen LogP contribution in [0.1, 0.15) is 40.3 Å². The maximum Gasteiger partial charge on any atom is 0.259 e. The maximum atomic E-state index is 12.9. The molecule has 3 rings (SSSR count). The summed E-state index contributed by atoms with van der Waals surface area (Å²) in [5, 5.41) is 12.4. The lowest BCUT2D eigenvalue weighted by atomic mass is 10.1. The van der Waals surface area contributed by atoms with Crippen LogP contribution in [-0.4, -0.2) is 34.9 Å². The van der Waals surface area contributed by atoms with Crippen LogP contribution in [0.15, 0.2) is 47.6 Å². The molecular weight excluding hydrogens is 400 g/mol. The minimum atomic E-state index is -0.350. The summed E-state index contributed by atoms with van der Waals surface area (Å²) < 4.78 is 12.6. The lowest BCUT2D eigenvalue weighted by Gasteiger charge is -2.17. The standard InChI is InChI=1S/C22H26N4O3S/c1-14-9-6-7-10-16(14)13-30-22-25-24-20(26(22)3)15(2)23-21(27)19-17(28-4)11-8-12-18(19)29-5/h6-12,15H,13H2,1-5H3,(H,23,27). The highest BCUT2D eigenvalue weighted by molar-refractivity contribution is 7.98. The molecule has 0 aliphatic rings. The smallest absolute Gasteiger partial charge is 0.259 e. The van der Waals surface area contributed by atoms with E-state index < -0.39 is 0 Å². The number of benzene rings is 2. The molecule has 0 saturated heterocycles. The lowest BCUT2D eigenvalue weighted by molar-refractivity contribution is 0.0931. The Morgan fingerprint density at radius 2 is 1.77 bits per heavy atom. The topological polar surface area (TPSA) is 78.3 Å². The molecule has 30 heavy (non-hydrogen) atoms. The number of nitrogens with one attached hydrogen (secondary N) is 1. The zero-order valence-electron chi connectivity index (χ0n) is 17.8. The minimum Gasteiger partial charge on any atom is -0.496 e. The van der Waals surface area contributed by atoms with Crippen LogP contribution in [0.5, 0.6) is 11.5 Å². The summed E-state index contributed by atoms with van der Waals surface area (Å²) in [5.74, 6) is 2.08. The molecule has 0 bridgehead atoms. The van der Waals surface area contributed by atoms with Crippen LogP contribution in [-0.2, 0) is 12.8 Å². The van der Waals surface area contributed by atoms with Gasteiger partial charge in [-0.2, -0.15) is 0 Å². The largest absolute Gasteiger partial charge is 0.496 e. The normalized spacial score (nSPS) is 11.8. The monoisotopic (exact) mass is 426 g/mol. The fourth-order valence-corrected chi connectivity index (χ4v) is 4.15. The quantitative estimate of drug-likeness (QED) is 0.550. The molecule has 0 fully saturated rings. The van der Waals surface area contributed by atoms with Gasteiger partial charge in [0, 0.05) is 12.8 Å². The highest BCUT2D eigenvalue weighted by Gasteiger charge is 2.23. The van der Waals surface area contributed by atoms with Crippen molar-refractivity contribution in [1.82, 2.24) is 20.1 Å². The summed E-state index contributed by atoms with van der Waals surface area (Å²) in [7, 11) is 4.95. The molecule has 1 atom stereocenters. The van der Waals surface area contributed by atoms with Gasteiger partial charge in [0.15, 0.2) is 11.0 Å². The Bertz CT molecular complexity index is 1010. The van der Waals surface area contributed by atoms with Crippen molar-refractivity contribution in [3.05, 3.63) is 65.0 Å². The van der Waals surface area contributed by atoms with Gasteiger partial charge in [0.1, 0.15) is 17.1 Å².